The van der Waals surface area contributed by atoms with Crippen molar-refractivity contribution in [3.63, 3.8) is 0 Å². The molecule has 46 valence electrons. The molecule has 0 aromatic heterocycles. The van der Waals surface area contributed by atoms with Gasteiger partial charge in [-0.15, -0.1) is 0 Å². The Morgan fingerprint density at radius 2 is 2.25 bits per heavy atom. The Bertz CT molecular complexity index is 86.5. The van der Waals surface area contributed by atoms with Crippen LogP contribution in [-0.4, -0.2) is 17.7 Å². The van der Waals surface area contributed by atoms with Crippen molar-refractivity contribution < 1.29 is 29.5 Å². The highest BCUT2D eigenvalue weighted by molar-refractivity contribution is 5.55. The Labute approximate surface area is 43.4 Å². The van der Waals surface area contributed by atoms with Crippen LogP contribution in [0.2, 0.25) is 0 Å². The molecule has 0 radical (unpaired) electrons. The molecule has 0 saturated heterocycles. The first-order chi connectivity index (χ1) is 3.77. The summed E-state index contributed by atoms with van der Waals surface area (Å²) in [6.07, 6.45) is -1.69. The first kappa shape index (κ1) is 6.70. The van der Waals surface area contributed by atoms with Crippen LogP contribution in [0, 0.1) is 0 Å². The van der Waals surface area contributed by atoms with Crippen LogP contribution in [-0.2, 0) is 19.6 Å². The molecule has 0 atom stereocenters. The molecule has 0 fully saturated rings. The van der Waals surface area contributed by atoms with Gasteiger partial charge in [-0.3, -0.25) is 9.68 Å². The number of carbonyl (C=O) groups is 2. The van der Waals surface area contributed by atoms with E-state index < -0.39 is 6.16 Å². The van der Waals surface area contributed by atoms with Crippen molar-refractivity contribution in [1.82, 2.24) is 0 Å². The summed E-state index contributed by atoms with van der Waals surface area (Å²) in [4.78, 5) is 25.1. The normalized spacial score (nSPS) is 7.50. The fourth-order valence-electron chi connectivity index (χ4n) is 0.0648. The van der Waals surface area contributed by atoms with E-state index in [0.717, 1.165) is 0 Å². The Morgan fingerprint density at radius 1 is 1.62 bits per heavy atom. The molecule has 1 N–H and O–H groups in total. The molecule has 8 heavy (non-hydrogen) atoms. The lowest BCUT2D eigenvalue weighted by atomic mass is 11.4. The molecule has 0 bridgehead atoms. The molecule has 0 aliphatic carbocycles. The van der Waals surface area contributed by atoms with E-state index >= 15 is 0 Å². The lowest BCUT2D eigenvalue weighted by molar-refractivity contribution is -0.452. The maximum atomic E-state index is 9.33. The number of hydrogen-bond acceptors (Lipinski definition) is 5. The van der Waals surface area contributed by atoms with Crippen LogP contribution in [0.3, 0.4) is 0 Å². The van der Waals surface area contributed by atoms with Crippen molar-refractivity contribution in [2.75, 3.05) is 0 Å². The molecule has 0 aliphatic heterocycles. The lowest BCUT2D eigenvalue weighted by Gasteiger charge is -1.89. The van der Waals surface area contributed by atoms with Gasteiger partial charge in [0.1, 0.15) is 0 Å². The highest BCUT2D eigenvalue weighted by Gasteiger charge is 1.94. The van der Waals surface area contributed by atoms with Crippen molar-refractivity contribution in [2.24, 2.45) is 0 Å². The Morgan fingerprint density at radius 3 is 2.62 bits per heavy atom. The fourth-order valence-corrected chi connectivity index (χ4v) is 0.0648. The van der Waals surface area contributed by atoms with Gasteiger partial charge in [0.2, 0.25) is 0 Å². The van der Waals surface area contributed by atoms with Crippen LogP contribution in [0.5, 0.6) is 0 Å². The highest BCUT2D eigenvalue weighted by atomic mass is 17.5. The Balaban J connectivity index is 2.93. The number of hydrogen-bond donors (Lipinski definition) is 1. The summed E-state index contributed by atoms with van der Waals surface area (Å²) in [5.74, 6) is 0. The summed E-state index contributed by atoms with van der Waals surface area (Å²) in [5.41, 5.74) is 0. The maximum absolute atomic E-state index is 9.33. The van der Waals surface area contributed by atoms with Gasteiger partial charge in [-0.25, -0.2) is 9.68 Å². The van der Waals surface area contributed by atoms with Gasteiger partial charge in [0.25, 0.3) is 0 Å². The largest absolute Gasteiger partial charge is 0.540 e. The fraction of sp³-hybridized carbons (Fsp3) is 0. The van der Waals surface area contributed by atoms with Crippen molar-refractivity contribution in [3.05, 3.63) is 0 Å². The van der Waals surface area contributed by atoms with Crippen LogP contribution in [0.4, 0.5) is 4.79 Å². The summed E-state index contributed by atoms with van der Waals surface area (Å²) < 4.78 is 0. The molecule has 0 aliphatic rings. The van der Waals surface area contributed by atoms with Gasteiger partial charge < -0.3 is 5.11 Å². The molecule has 0 rings (SSSR count). The highest BCUT2D eigenvalue weighted by Crippen LogP contribution is 1.76. The standard InChI is InChI=1S/C2H2O6/c3-1-6-8-7-2(4)5/h1H,(H,4,5). The van der Waals surface area contributed by atoms with Gasteiger partial charge in [0.05, 0.1) is 0 Å². The van der Waals surface area contributed by atoms with Crippen LogP contribution in [0.1, 0.15) is 0 Å². The Hall–Kier alpha value is -1.30. The van der Waals surface area contributed by atoms with Gasteiger partial charge in [0.15, 0.2) is 0 Å². The van der Waals surface area contributed by atoms with E-state index in [1.807, 2.05) is 0 Å². The first-order valence-electron chi connectivity index (χ1n) is 1.44. The summed E-state index contributed by atoms with van der Waals surface area (Å²) in [6, 6.07) is 0. The average molecular weight is 122 g/mol. The minimum Gasteiger partial charge on any atom is -0.448 e. The van der Waals surface area contributed by atoms with E-state index in [9.17, 15) is 4.79 Å². The van der Waals surface area contributed by atoms with Crippen molar-refractivity contribution in [1.29, 1.82) is 0 Å². The predicted octanol–water partition coefficient (Wildman–Crippen LogP) is -0.299. The smallest absolute Gasteiger partial charge is 0.448 e. The van der Waals surface area contributed by atoms with Gasteiger partial charge in [-0.1, -0.05) is 0 Å². The van der Waals surface area contributed by atoms with E-state index in [1.165, 1.54) is 0 Å². The summed E-state index contributed by atoms with van der Waals surface area (Å²) in [6.45, 7) is -0.122. The SMILES string of the molecule is O=COOOC(=O)O. The summed E-state index contributed by atoms with van der Waals surface area (Å²) >= 11 is 0. The number of carbonyl (C=O) groups excluding carboxylic acids is 1. The zero-order valence-corrected chi connectivity index (χ0v) is 3.57. The maximum Gasteiger partial charge on any atom is 0.540 e. The van der Waals surface area contributed by atoms with E-state index in [-0.39, 0.29) is 6.47 Å². The third kappa shape index (κ3) is 4.70. The molecular formula is C2H2O6. The molecule has 0 heterocycles. The van der Waals surface area contributed by atoms with Gasteiger partial charge in [-0.05, 0) is 0 Å². The molecule has 6 nitrogen and oxygen atoms in total. The van der Waals surface area contributed by atoms with Crippen molar-refractivity contribution in [3.8, 4) is 0 Å². The van der Waals surface area contributed by atoms with Crippen LogP contribution < -0.4 is 0 Å². The second-order valence-electron chi connectivity index (χ2n) is 0.610. The summed E-state index contributed by atoms with van der Waals surface area (Å²) in [7, 11) is 0. The number of carboxylic acid groups (broad SMARTS) is 1. The molecule has 0 saturated carbocycles. The van der Waals surface area contributed by atoms with Crippen molar-refractivity contribution in [2.45, 2.75) is 0 Å². The lowest BCUT2D eigenvalue weighted by Crippen LogP contribution is -2.00. The zero-order chi connectivity index (χ0) is 6.41. The van der Waals surface area contributed by atoms with Crippen LogP contribution in [0.15, 0.2) is 0 Å². The van der Waals surface area contributed by atoms with Gasteiger partial charge >= 0.3 is 12.6 Å². The van der Waals surface area contributed by atoms with E-state index in [4.69, 9.17) is 9.90 Å². The van der Waals surface area contributed by atoms with Crippen molar-refractivity contribution >= 4 is 12.6 Å². The number of rotatable bonds is 3. The molecule has 0 aromatic carbocycles. The minimum atomic E-state index is -1.69. The second kappa shape index (κ2) is 3.88. The zero-order valence-electron chi connectivity index (χ0n) is 3.57. The third-order valence-corrected chi connectivity index (χ3v) is 0.184. The van der Waals surface area contributed by atoms with E-state index in [1.54, 1.807) is 0 Å². The molecular weight excluding hydrogens is 120 g/mol. The van der Waals surface area contributed by atoms with Gasteiger partial charge in [-0.2, -0.15) is 0 Å². The second-order valence-corrected chi connectivity index (χ2v) is 0.610. The van der Waals surface area contributed by atoms with E-state index in [0.29, 0.717) is 0 Å². The molecule has 6 heteroatoms. The topological polar surface area (TPSA) is 82.1 Å². The first-order valence-corrected chi connectivity index (χ1v) is 1.44. The van der Waals surface area contributed by atoms with Gasteiger partial charge in [0, 0.05) is 5.04 Å². The molecule has 0 spiro atoms. The molecule has 0 aromatic rings. The van der Waals surface area contributed by atoms with Crippen LogP contribution >= 0.6 is 0 Å². The minimum absolute atomic E-state index is 0.122. The summed E-state index contributed by atoms with van der Waals surface area (Å²) in [5, 5.41) is 10.9. The van der Waals surface area contributed by atoms with Crippen LogP contribution in [0.25, 0.3) is 0 Å². The monoisotopic (exact) mass is 122 g/mol. The molecule has 0 amide bonds. The molecule has 0 unspecified atom stereocenters. The third-order valence-electron chi connectivity index (χ3n) is 0.184. The quantitative estimate of drug-likeness (QED) is 0.239. The predicted molar refractivity (Wildman–Crippen MR) is 17.3 cm³/mol. The Kier molecular flexibility index (Phi) is 3.25. The average Bonchev–Trinajstić information content (AvgIpc) is 1.66. The van der Waals surface area contributed by atoms with E-state index in [2.05, 4.69) is 14.8 Å².